The fourth-order valence-electron chi connectivity index (χ4n) is 3.78. The Hall–Kier alpha value is -6.24. The monoisotopic (exact) mass is 1050 g/mol. The fraction of sp³-hybridized carbons (Fsp3) is 0.0909. The van der Waals surface area contributed by atoms with Crippen LogP contribution in [0.4, 0.5) is 0 Å². The zero-order valence-corrected chi connectivity index (χ0v) is 42.6. The summed E-state index contributed by atoms with van der Waals surface area (Å²) in [5.41, 5.74) is 15.8. The number of primary amides is 2. The van der Waals surface area contributed by atoms with Gasteiger partial charge in [0, 0.05) is 24.8 Å². The number of pyridine rings is 2. The molecule has 0 aliphatic heterocycles. The smallest absolute Gasteiger partial charge is 0.545 e. The van der Waals surface area contributed by atoms with Gasteiger partial charge in [-0.1, -0.05) is 119 Å². The number of hydrogen-bond acceptors (Lipinski definition) is 12. The van der Waals surface area contributed by atoms with Crippen molar-refractivity contribution in [3.05, 3.63) is 202 Å². The summed E-state index contributed by atoms with van der Waals surface area (Å²) >= 11 is 0. The minimum absolute atomic E-state index is 0. The molecular weight excluding hydrogens is 1000 g/mol. The Labute approximate surface area is 398 Å². The first kappa shape index (κ1) is 62.4. The third-order valence-corrected chi connectivity index (χ3v) is 7.04. The minimum Gasteiger partial charge on any atom is -0.545 e. The molecule has 0 unspecified atom stereocenters. The largest absolute Gasteiger partial charge is 2.00 e. The summed E-state index contributed by atoms with van der Waals surface area (Å²) in [5.74, 6) is -5.38. The van der Waals surface area contributed by atoms with Gasteiger partial charge in [-0.05, 0) is 74.2 Å². The Balaban J connectivity index is -0.000000322. The van der Waals surface area contributed by atoms with Gasteiger partial charge in [0.05, 0.1) is 35.0 Å². The maximum Gasteiger partial charge on any atom is 2.00 e. The summed E-state index contributed by atoms with van der Waals surface area (Å²) in [6.45, 7) is 7.61. The van der Waals surface area contributed by atoms with Crippen LogP contribution in [0.1, 0.15) is 84.4 Å². The molecule has 6 aromatic rings. The van der Waals surface area contributed by atoms with Crippen LogP contribution < -0.4 is 31.9 Å². The van der Waals surface area contributed by atoms with E-state index in [1.165, 1.54) is 60.9 Å². The van der Waals surface area contributed by atoms with Crippen molar-refractivity contribution >= 4 is 35.7 Å². The molecule has 16 nitrogen and oxygen atoms in total. The van der Waals surface area contributed by atoms with E-state index in [2.05, 4.69) is 9.97 Å². The molecule has 0 fully saturated rings. The van der Waals surface area contributed by atoms with E-state index >= 15 is 0 Å². The van der Waals surface area contributed by atoms with Crippen LogP contribution in [0.3, 0.4) is 0 Å². The zero-order chi connectivity index (χ0) is 43.6. The Morgan fingerprint density at radius 2 is 0.565 bits per heavy atom. The van der Waals surface area contributed by atoms with Crippen LogP contribution in [-0.2, 0) is 65.5 Å². The minimum atomic E-state index is -1.12. The first-order valence-corrected chi connectivity index (χ1v) is 16.9. The third-order valence-electron chi connectivity index (χ3n) is 7.04. The number of aryl methyl sites for hydroxylation is 4. The third kappa shape index (κ3) is 27.5. The second-order valence-electron chi connectivity index (χ2n) is 11.8. The van der Waals surface area contributed by atoms with Crippen LogP contribution in [0.2, 0.25) is 0 Å². The van der Waals surface area contributed by atoms with Gasteiger partial charge in [-0.25, -0.2) is 0 Å². The Morgan fingerprint density at radius 3 is 0.677 bits per heavy atom. The molecule has 2 aromatic heterocycles. The molecule has 4 aromatic carbocycles. The van der Waals surface area contributed by atoms with Gasteiger partial charge < -0.3 is 62.0 Å². The molecule has 0 atom stereocenters. The zero-order valence-electron chi connectivity index (χ0n) is 34.6. The van der Waals surface area contributed by atoms with Crippen LogP contribution in [-0.4, -0.2) is 45.7 Å². The van der Waals surface area contributed by atoms with Gasteiger partial charge in [-0.2, -0.15) is 0 Å². The number of aromatic nitrogens is 2. The van der Waals surface area contributed by atoms with Crippen molar-refractivity contribution < 1.29 is 115 Å². The molecule has 0 radical (unpaired) electrons. The molecule has 0 aliphatic rings. The molecule has 0 saturated carbocycles. The molecule has 62 heavy (non-hydrogen) atoms. The maximum atomic E-state index is 10.4. The SMILES string of the molecule is Cc1ccc(C(=O)[O-])cc1.Cc1ccc(C(=O)[O-])cc1.Cc1ccc(C(=O)[O-])cc1.Cc1ccc(C(=O)[O-])cc1.NC(=O)c1cccnc1.NC(=O)c1cccnc1.[Cd+2].[Cd+2].[OH3+].[OH3+]. The number of benzene rings is 4. The number of rotatable bonds is 6. The van der Waals surface area contributed by atoms with Crippen LogP contribution in [0.15, 0.2) is 146 Å². The number of carboxylic acids is 4. The summed E-state index contributed by atoms with van der Waals surface area (Å²) in [5, 5.41) is 40.8. The Morgan fingerprint density at radius 1 is 0.371 bits per heavy atom. The normalized spacial score (nSPS) is 8.58. The molecule has 0 spiro atoms. The molecule has 6 rings (SSSR count). The Bertz CT molecular complexity index is 1940. The summed E-state index contributed by atoms with van der Waals surface area (Å²) < 4.78 is 0. The second-order valence-corrected chi connectivity index (χ2v) is 11.8. The van der Waals surface area contributed by atoms with Crippen LogP contribution in [0.25, 0.3) is 0 Å². The van der Waals surface area contributed by atoms with Crippen molar-refractivity contribution in [2.75, 3.05) is 0 Å². The van der Waals surface area contributed by atoms with Crippen molar-refractivity contribution in [2.45, 2.75) is 27.7 Å². The summed E-state index contributed by atoms with van der Waals surface area (Å²) in [7, 11) is 0. The summed E-state index contributed by atoms with van der Waals surface area (Å²) in [6, 6.07) is 32.8. The molecule has 0 aliphatic carbocycles. The summed E-state index contributed by atoms with van der Waals surface area (Å²) in [6.07, 6.45) is 6.05. The van der Waals surface area contributed by atoms with Crippen LogP contribution in [0, 0.1) is 27.7 Å². The first-order chi connectivity index (χ1) is 27.4. The van der Waals surface area contributed by atoms with Gasteiger partial charge in [0.2, 0.25) is 11.8 Å². The van der Waals surface area contributed by atoms with Gasteiger partial charge >= 0.3 is 54.6 Å². The average Bonchev–Trinajstić information content (AvgIpc) is 3.20. The van der Waals surface area contributed by atoms with Gasteiger partial charge in [0.15, 0.2) is 0 Å². The van der Waals surface area contributed by atoms with E-state index in [0.717, 1.165) is 22.3 Å². The Kier molecular flexibility index (Phi) is 34.7. The molecule has 18 heteroatoms. The van der Waals surface area contributed by atoms with Crippen molar-refractivity contribution in [3.8, 4) is 0 Å². The number of nitrogens with zero attached hydrogens (tertiary/aromatic N) is 2. The predicted molar refractivity (Wildman–Crippen MR) is 217 cm³/mol. The standard InChI is InChI=1S/4C8H8O2.2C6H6N2O.2Cd.2H2O/c4*1-6-2-4-7(5-3-6)8(9)10;2*7-6(9)5-2-1-3-8-4-5;;;;/h4*2-5H,1H3,(H,9,10);2*1-4H,(H2,7,9);;;2*1H2/q;;;;;;2*+2;;/p-2. The first-order valence-electron chi connectivity index (χ1n) is 16.9. The second kappa shape index (κ2) is 34.5. The molecule has 0 saturated heterocycles. The molecule has 0 bridgehead atoms. The van der Waals surface area contributed by atoms with Gasteiger partial charge in [0.25, 0.3) is 0 Å². The number of carbonyl (C=O) groups excluding carboxylic acids is 6. The van der Waals surface area contributed by atoms with Gasteiger partial charge in [-0.3, -0.25) is 19.6 Å². The molecule has 10 N–H and O–H groups in total. The van der Waals surface area contributed by atoms with Crippen LogP contribution in [0.5, 0.6) is 0 Å². The van der Waals surface area contributed by atoms with Crippen molar-refractivity contribution in [1.82, 2.24) is 9.97 Å². The molecule has 2 heterocycles. The topological polar surface area (TPSA) is 338 Å². The number of amides is 2. The number of hydrogen-bond donors (Lipinski definition) is 2. The number of carboxylic acid groups (broad SMARTS) is 4. The van der Waals surface area contributed by atoms with E-state index in [1.807, 2.05) is 27.7 Å². The fourth-order valence-corrected chi connectivity index (χ4v) is 3.78. The van der Waals surface area contributed by atoms with Gasteiger partial charge in [-0.15, -0.1) is 0 Å². The number of nitrogens with two attached hydrogens (primary N) is 2. The van der Waals surface area contributed by atoms with Crippen molar-refractivity contribution in [3.63, 3.8) is 0 Å². The van der Waals surface area contributed by atoms with Crippen LogP contribution >= 0.6 is 0 Å². The van der Waals surface area contributed by atoms with E-state index in [1.54, 1.807) is 85.2 Å². The molecular formula is C44H46Cd2N4O12+2. The quantitative estimate of drug-likeness (QED) is 0.164. The molecule has 316 valence electrons. The number of carbonyl (C=O) groups is 6. The molecule has 2 amide bonds. The van der Waals surface area contributed by atoms with E-state index in [9.17, 15) is 49.2 Å². The van der Waals surface area contributed by atoms with Gasteiger partial charge in [0.1, 0.15) is 0 Å². The van der Waals surface area contributed by atoms with Crippen molar-refractivity contribution in [1.29, 1.82) is 0 Å². The summed E-state index contributed by atoms with van der Waals surface area (Å²) in [4.78, 5) is 69.0. The van der Waals surface area contributed by atoms with E-state index < -0.39 is 35.7 Å². The average molecular weight is 1050 g/mol. The van der Waals surface area contributed by atoms with E-state index in [4.69, 9.17) is 11.5 Å². The van der Waals surface area contributed by atoms with Crippen molar-refractivity contribution in [2.24, 2.45) is 11.5 Å². The van der Waals surface area contributed by atoms with E-state index in [-0.39, 0.29) is 87.8 Å². The number of aromatic carboxylic acids is 4. The predicted octanol–water partition coefficient (Wildman–Crippen LogP) is -0.0537. The maximum absolute atomic E-state index is 10.4. The van der Waals surface area contributed by atoms with E-state index in [0.29, 0.717) is 11.1 Å².